The van der Waals surface area contributed by atoms with Crippen LogP contribution in [0.25, 0.3) is 10.8 Å². The first-order valence-electron chi connectivity index (χ1n) is 9.67. The molecule has 3 rings (SSSR count). The first-order chi connectivity index (χ1) is 13.6. The van der Waals surface area contributed by atoms with Crippen molar-refractivity contribution in [1.29, 1.82) is 0 Å². The van der Waals surface area contributed by atoms with Gasteiger partial charge in [0.2, 0.25) is 0 Å². The van der Waals surface area contributed by atoms with E-state index in [0.717, 1.165) is 29.4 Å². The molecule has 0 bridgehead atoms. The summed E-state index contributed by atoms with van der Waals surface area (Å²) in [5, 5.41) is 5.08. The van der Waals surface area contributed by atoms with E-state index in [1.54, 1.807) is 7.11 Å². The van der Waals surface area contributed by atoms with Crippen LogP contribution in [0.2, 0.25) is 0 Å². The molecule has 3 aromatic carbocycles. The zero-order valence-corrected chi connectivity index (χ0v) is 16.7. The molecular formula is C24H27NO3. The number of rotatable bonds is 8. The molecule has 4 nitrogen and oxygen atoms in total. The fourth-order valence-corrected chi connectivity index (χ4v) is 3.20. The highest BCUT2D eigenvalue weighted by Gasteiger charge is 2.13. The van der Waals surface area contributed by atoms with Crippen molar-refractivity contribution in [3.05, 3.63) is 71.8 Å². The summed E-state index contributed by atoms with van der Waals surface area (Å²) in [6.45, 7) is 4.64. The zero-order chi connectivity index (χ0) is 19.9. The second kappa shape index (κ2) is 9.27. The Morgan fingerprint density at radius 3 is 2.46 bits per heavy atom. The highest BCUT2D eigenvalue weighted by molar-refractivity contribution is 6.01. The first kappa shape index (κ1) is 19.7. The molecule has 0 fully saturated rings. The predicted molar refractivity (Wildman–Crippen MR) is 113 cm³/mol. The number of hydrogen-bond acceptors (Lipinski definition) is 3. The molecule has 0 radical (unpaired) electrons. The van der Waals surface area contributed by atoms with Crippen LogP contribution in [0.4, 0.5) is 0 Å². The minimum Gasteiger partial charge on any atom is -0.496 e. The molecular weight excluding hydrogens is 350 g/mol. The van der Waals surface area contributed by atoms with E-state index in [2.05, 4.69) is 17.4 Å². The van der Waals surface area contributed by atoms with E-state index in [1.807, 2.05) is 62.4 Å². The number of nitrogens with one attached hydrogen (secondary N) is 1. The lowest BCUT2D eigenvalue weighted by Crippen LogP contribution is -2.25. The van der Waals surface area contributed by atoms with Gasteiger partial charge in [0.15, 0.2) is 0 Å². The van der Waals surface area contributed by atoms with Gasteiger partial charge in [-0.2, -0.15) is 0 Å². The number of methoxy groups -OCH3 is 1. The van der Waals surface area contributed by atoms with Gasteiger partial charge in [0, 0.05) is 6.54 Å². The molecule has 0 aliphatic carbocycles. The summed E-state index contributed by atoms with van der Waals surface area (Å²) in [6, 6.07) is 19.9. The van der Waals surface area contributed by atoms with Crippen LogP contribution in [-0.4, -0.2) is 25.7 Å². The Morgan fingerprint density at radius 2 is 1.75 bits per heavy atom. The maximum absolute atomic E-state index is 12.6. The Hall–Kier alpha value is -3.01. The van der Waals surface area contributed by atoms with Gasteiger partial charge >= 0.3 is 0 Å². The molecule has 1 amide bonds. The monoisotopic (exact) mass is 377 g/mol. The molecule has 0 aromatic heterocycles. The van der Waals surface area contributed by atoms with Crippen molar-refractivity contribution in [3.63, 3.8) is 0 Å². The number of hydrogen-bond donors (Lipinski definition) is 1. The van der Waals surface area contributed by atoms with Crippen molar-refractivity contribution in [2.75, 3.05) is 13.7 Å². The average Bonchev–Trinajstić information content (AvgIpc) is 2.69. The molecule has 0 saturated heterocycles. The van der Waals surface area contributed by atoms with E-state index >= 15 is 0 Å². The van der Waals surface area contributed by atoms with Crippen molar-refractivity contribution in [3.8, 4) is 11.5 Å². The van der Waals surface area contributed by atoms with Crippen molar-refractivity contribution in [2.45, 2.75) is 32.8 Å². The minimum absolute atomic E-state index is 0.112. The number of fused-ring (bicyclic) bond motifs is 1. The molecule has 0 heterocycles. The molecule has 0 atom stereocenters. The van der Waals surface area contributed by atoms with Gasteiger partial charge in [-0.25, -0.2) is 0 Å². The molecule has 0 spiro atoms. The van der Waals surface area contributed by atoms with Crippen LogP contribution in [0.3, 0.4) is 0 Å². The number of ether oxygens (including phenoxy) is 2. The molecule has 0 aliphatic rings. The summed E-state index contributed by atoms with van der Waals surface area (Å²) in [5.74, 6) is 1.37. The lowest BCUT2D eigenvalue weighted by Gasteiger charge is -2.12. The van der Waals surface area contributed by atoms with Gasteiger partial charge in [-0.3, -0.25) is 4.79 Å². The number of carbonyl (C=O) groups excluding carboxylic acids is 1. The fourth-order valence-electron chi connectivity index (χ4n) is 3.20. The molecule has 1 N–H and O–H groups in total. The van der Waals surface area contributed by atoms with Gasteiger partial charge in [0.25, 0.3) is 5.91 Å². The normalized spacial score (nSPS) is 10.9. The van der Waals surface area contributed by atoms with Gasteiger partial charge < -0.3 is 14.8 Å². The van der Waals surface area contributed by atoms with Crippen LogP contribution in [0.1, 0.15) is 36.2 Å². The standard InChI is InChI=1S/C24H27NO3/c1-17(2)28-21-12-6-8-18(14-21)9-7-13-25-24(26)22-15-19-10-4-5-11-20(19)16-23(22)27-3/h4-6,8,10-12,14-17H,7,9,13H2,1-3H3,(H,25,26). The van der Waals surface area contributed by atoms with E-state index in [9.17, 15) is 4.79 Å². The van der Waals surface area contributed by atoms with Crippen LogP contribution in [-0.2, 0) is 6.42 Å². The Bertz CT molecular complexity index is 949. The number of aryl methyl sites for hydroxylation is 1. The van der Waals surface area contributed by atoms with Crippen molar-refractivity contribution in [2.24, 2.45) is 0 Å². The van der Waals surface area contributed by atoms with Crippen molar-refractivity contribution in [1.82, 2.24) is 5.32 Å². The van der Waals surface area contributed by atoms with Crippen LogP contribution in [0, 0.1) is 0 Å². The first-order valence-corrected chi connectivity index (χ1v) is 9.67. The Kier molecular flexibility index (Phi) is 6.53. The minimum atomic E-state index is -0.112. The Balaban J connectivity index is 1.58. The van der Waals surface area contributed by atoms with Gasteiger partial charge in [-0.15, -0.1) is 0 Å². The maximum Gasteiger partial charge on any atom is 0.255 e. The van der Waals surface area contributed by atoms with Crippen LogP contribution >= 0.6 is 0 Å². The summed E-state index contributed by atoms with van der Waals surface area (Å²) in [4.78, 5) is 12.6. The Morgan fingerprint density at radius 1 is 1.00 bits per heavy atom. The van der Waals surface area contributed by atoms with Gasteiger partial charge in [-0.1, -0.05) is 36.4 Å². The summed E-state index contributed by atoms with van der Waals surface area (Å²) in [5.41, 5.74) is 1.77. The van der Waals surface area contributed by atoms with E-state index in [-0.39, 0.29) is 12.0 Å². The second-order valence-corrected chi connectivity index (χ2v) is 7.07. The predicted octanol–water partition coefficient (Wildman–Crippen LogP) is 5.00. The quantitative estimate of drug-likeness (QED) is 0.562. The number of carbonyl (C=O) groups is 1. The molecule has 4 heteroatoms. The highest BCUT2D eigenvalue weighted by Crippen LogP contribution is 2.26. The lowest BCUT2D eigenvalue weighted by atomic mass is 10.1. The van der Waals surface area contributed by atoms with E-state index in [0.29, 0.717) is 17.9 Å². The van der Waals surface area contributed by atoms with Crippen LogP contribution < -0.4 is 14.8 Å². The van der Waals surface area contributed by atoms with Gasteiger partial charge in [0.1, 0.15) is 11.5 Å². The van der Waals surface area contributed by atoms with Gasteiger partial charge in [-0.05, 0) is 67.3 Å². The van der Waals surface area contributed by atoms with E-state index in [1.165, 1.54) is 5.56 Å². The maximum atomic E-state index is 12.6. The summed E-state index contributed by atoms with van der Waals surface area (Å²) >= 11 is 0. The number of amides is 1. The summed E-state index contributed by atoms with van der Waals surface area (Å²) in [6.07, 6.45) is 1.89. The molecule has 0 aliphatic heterocycles. The van der Waals surface area contributed by atoms with E-state index in [4.69, 9.17) is 9.47 Å². The second-order valence-electron chi connectivity index (χ2n) is 7.07. The zero-order valence-electron chi connectivity index (χ0n) is 16.7. The largest absolute Gasteiger partial charge is 0.496 e. The highest BCUT2D eigenvalue weighted by atomic mass is 16.5. The average molecular weight is 377 g/mol. The van der Waals surface area contributed by atoms with E-state index < -0.39 is 0 Å². The Labute approximate surface area is 166 Å². The SMILES string of the molecule is COc1cc2ccccc2cc1C(=O)NCCCc1cccc(OC(C)C)c1. The lowest BCUT2D eigenvalue weighted by molar-refractivity contribution is 0.0950. The van der Waals surface area contributed by atoms with Crippen LogP contribution in [0.15, 0.2) is 60.7 Å². The smallest absolute Gasteiger partial charge is 0.255 e. The third-order valence-electron chi connectivity index (χ3n) is 4.51. The summed E-state index contributed by atoms with van der Waals surface area (Å²) < 4.78 is 11.2. The molecule has 146 valence electrons. The molecule has 3 aromatic rings. The van der Waals surface area contributed by atoms with Crippen molar-refractivity contribution < 1.29 is 14.3 Å². The fraction of sp³-hybridized carbons (Fsp3) is 0.292. The van der Waals surface area contributed by atoms with Gasteiger partial charge in [0.05, 0.1) is 18.8 Å². The number of benzene rings is 3. The molecule has 28 heavy (non-hydrogen) atoms. The summed E-state index contributed by atoms with van der Waals surface area (Å²) in [7, 11) is 1.59. The van der Waals surface area contributed by atoms with Crippen molar-refractivity contribution >= 4 is 16.7 Å². The third kappa shape index (κ3) is 5.03. The third-order valence-corrected chi connectivity index (χ3v) is 4.51. The molecule has 0 saturated carbocycles. The molecule has 0 unspecified atom stereocenters. The van der Waals surface area contributed by atoms with Crippen LogP contribution in [0.5, 0.6) is 11.5 Å². The topological polar surface area (TPSA) is 47.6 Å².